The molecule has 47 heavy (non-hydrogen) atoms. The number of piperidine rings is 1. The first-order chi connectivity index (χ1) is 22.5. The van der Waals surface area contributed by atoms with E-state index in [2.05, 4.69) is 6.58 Å². The quantitative estimate of drug-likeness (QED) is 0.171. The van der Waals surface area contributed by atoms with E-state index in [1.807, 2.05) is 24.3 Å². The standard InChI is InChI=1S/C32H40N2O13/c1-3-14-17-10-20-22-16(15-6-4-5-7-19(15)34(22)47-32-28(41)25(38)23(36)13(2)44-32)8-9-33(20)29(42)18(17)12-43-30(14)46-31-27(40)26(39)24(37)21(11-35)45-31/h3-7,12-14,17,20-21,23-28,30-32,35-41H,1,8-11H2,2H3/t13-,14+,17-,20+,21+,23-,24+,25+,26-,27+,28+,30-,31-,32-/m0/s1. The Kier molecular flexibility index (Phi) is 8.57. The first-order valence-corrected chi connectivity index (χ1v) is 15.8. The highest BCUT2D eigenvalue weighted by Gasteiger charge is 2.52. The largest absolute Gasteiger partial charge is 0.471 e. The zero-order valence-corrected chi connectivity index (χ0v) is 25.6. The summed E-state index contributed by atoms with van der Waals surface area (Å²) in [7, 11) is 0. The molecular formula is C32H40N2O13. The summed E-state index contributed by atoms with van der Waals surface area (Å²) in [6.07, 6.45) is -11.3. The summed E-state index contributed by atoms with van der Waals surface area (Å²) in [4.78, 5) is 22.1. The van der Waals surface area contributed by atoms with Gasteiger partial charge in [-0.2, -0.15) is 4.73 Å². The van der Waals surface area contributed by atoms with Gasteiger partial charge in [-0.25, -0.2) is 0 Å². The third-order valence-corrected chi connectivity index (χ3v) is 10.2. The van der Waals surface area contributed by atoms with Gasteiger partial charge in [0.2, 0.25) is 6.29 Å². The number of para-hydroxylation sites is 1. The number of hydrogen-bond acceptors (Lipinski definition) is 13. The predicted octanol–water partition coefficient (Wildman–Crippen LogP) is -1.80. The van der Waals surface area contributed by atoms with Gasteiger partial charge >= 0.3 is 0 Å². The first-order valence-electron chi connectivity index (χ1n) is 15.8. The van der Waals surface area contributed by atoms with Gasteiger partial charge in [0.15, 0.2) is 6.29 Å². The highest BCUT2D eigenvalue weighted by atomic mass is 16.8. The van der Waals surface area contributed by atoms with Crippen LogP contribution in [0.4, 0.5) is 0 Å². The number of carbonyl (C=O) groups is 1. The number of hydrogen-bond donors (Lipinski definition) is 7. The van der Waals surface area contributed by atoms with E-state index < -0.39 is 92.2 Å². The van der Waals surface area contributed by atoms with E-state index in [0.29, 0.717) is 36.2 Å². The maximum atomic E-state index is 14.0. The van der Waals surface area contributed by atoms with Crippen LogP contribution in [0.1, 0.15) is 30.6 Å². The zero-order valence-electron chi connectivity index (χ0n) is 25.6. The Morgan fingerprint density at radius 3 is 2.43 bits per heavy atom. The second kappa shape index (κ2) is 12.4. The normalized spacial score (nSPS) is 41.7. The molecule has 14 atom stereocenters. The van der Waals surface area contributed by atoms with Crippen molar-refractivity contribution >= 4 is 16.8 Å². The molecule has 0 radical (unpaired) electrons. The molecule has 7 rings (SSSR count). The number of nitrogens with zero attached hydrogens (tertiary/aromatic N) is 2. The van der Waals surface area contributed by atoms with Gasteiger partial charge in [0.05, 0.1) is 41.8 Å². The van der Waals surface area contributed by atoms with Crippen molar-refractivity contribution < 1.29 is 64.3 Å². The van der Waals surface area contributed by atoms with Crippen LogP contribution in [0, 0.1) is 11.8 Å². The monoisotopic (exact) mass is 660 g/mol. The summed E-state index contributed by atoms with van der Waals surface area (Å²) in [6.45, 7) is 5.33. The van der Waals surface area contributed by atoms with Crippen LogP contribution in [-0.2, 0) is 30.2 Å². The highest BCUT2D eigenvalue weighted by Crippen LogP contribution is 2.49. The maximum absolute atomic E-state index is 14.0. The molecule has 3 fully saturated rings. The molecule has 15 heteroatoms. The average molecular weight is 661 g/mol. The van der Waals surface area contributed by atoms with E-state index in [-0.39, 0.29) is 5.91 Å². The second-order valence-corrected chi connectivity index (χ2v) is 12.8. The fraction of sp³-hybridized carbons (Fsp3) is 0.594. The van der Waals surface area contributed by atoms with Crippen molar-refractivity contribution in [2.24, 2.45) is 11.8 Å². The Morgan fingerprint density at radius 1 is 0.957 bits per heavy atom. The van der Waals surface area contributed by atoms with Gasteiger partial charge in [0.25, 0.3) is 12.2 Å². The zero-order chi connectivity index (χ0) is 33.3. The van der Waals surface area contributed by atoms with E-state index in [1.165, 1.54) is 6.26 Å². The van der Waals surface area contributed by atoms with E-state index >= 15 is 0 Å². The molecule has 1 aromatic heterocycles. The molecule has 1 aromatic carbocycles. The van der Waals surface area contributed by atoms with Gasteiger partial charge in [-0.05, 0) is 31.4 Å². The number of aliphatic hydroxyl groups excluding tert-OH is 7. The van der Waals surface area contributed by atoms with Gasteiger partial charge in [0, 0.05) is 23.8 Å². The lowest BCUT2D eigenvalue weighted by Crippen LogP contribution is -2.60. The molecule has 0 spiro atoms. The number of amides is 1. The van der Waals surface area contributed by atoms with Gasteiger partial charge < -0.3 is 64.4 Å². The van der Waals surface area contributed by atoms with Crippen molar-refractivity contribution in [2.75, 3.05) is 13.2 Å². The fourth-order valence-corrected chi connectivity index (χ4v) is 7.56. The summed E-state index contributed by atoms with van der Waals surface area (Å²) < 4.78 is 24.7. The lowest BCUT2D eigenvalue weighted by molar-refractivity contribution is -0.339. The summed E-state index contributed by atoms with van der Waals surface area (Å²) in [5.41, 5.74) is 2.71. The topological polar surface area (TPSA) is 213 Å². The highest BCUT2D eigenvalue weighted by molar-refractivity contribution is 5.96. The number of rotatable bonds is 6. The number of fused-ring (bicyclic) bond motifs is 6. The molecule has 1 amide bonds. The van der Waals surface area contributed by atoms with Crippen LogP contribution in [-0.4, -0.2) is 132 Å². The van der Waals surface area contributed by atoms with Crippen LogP contribution in [0.3, 0.4) is 0 Å². The van der Waals surface area contributed by atoms with Crippen LogP contribution in [0.15, 0.2) is 48.8 Å². The Bertz CT molecular complexity index is 1540. The molecule has 5 aliphatic heterocycles. The number of carbonyl (C=O) groups excluding carboxylic acids is 1. The Balaban J connectivity index is 1.22. The molecule has 3 saturated heterocycles. The van der Waals surface area contributed by atoms with Gasteiger partial charge in [-0.3, -0.25) is 4.79 Å². The van der Waals surface area contributed by atoms with E-state index in [9.17, 15) is 40.5 Å². The molecule has 15 nitrogen and oxygen atoms in total. The lowest BCUT2D eigenvalue weighted by Gasteiger charge is -2.48. The summed E-state index contributed by atoms with van der Waals surface area (Å²) >= 11 is 0. The van der Waals surface area contributed by atoms with Crippen molar-refractivity contribution in [1.82, 2.24) is 9.63 Å². The molecule has 5 aliphatic rings. The first kappa shape index (κ1) is 32.5. The van der Waals surface area contributed by atoms with E-state index in [4.69, 9.17) is 23.8 Å². The van der Waals surface area contributed by atoms with Gasteiger partial charge in [-0.1, -0.05) is 24.3 Å². The Hall–Kier alpha value is -3.09. The van der Waals surface area contributed by atoms with Crippen molar-refractivity contribution in [1.29, 1.82) is 0 Å². The Morgan fingerprint density at radius 2 is 1.68 bits per heavy atom. The van der Waals surface area contributed by atoms with E-state index in [1.54, 1.807) is 22.6 Å². The molecular weight excluding hydrogens is 620 g/mol. The van der Waals surface area contributed by atoms with Crippen LogP contribution in [0.2, 0.25) is 0 Å². The van der Waals surface area contributed by atoms with Crippen LogP contribution >= 0.6 is 0 Å². The van der Waals surface area contributed by atoms with Crippen molar-refractivity contribution in [3.63, 3.8) is 0 Å². The third kappa shape index (κ3) is 5.17. The number of ether oxygens (including phenoxy) is 4. The smallest absolute Gasteiger partial charge is 0.253 e. The minimum Gasteiger partial charge on any atom is -0.471 e. The summed E-state index contributed by atoms with van der Waals surface area (Å²) in [6, 6.07) is 7.02. The van der Waals surface area contributed by atoms with E-state index in [0.717, 1.165) is 10.9 Å². The maximum Gasteiger partial charge on any atom is 0.253 e. The number of aliphatic hydroxyl groups is 7. The lowest BCUT2D eigenvalue weighted by atomic mass is 9.74. The van der Waals surface area contributed by atoms with Gasteiger partial charge in [0.1, 0.15) is 42.7 Å². The van der Waals surface area contributed by atoms with Crippen LogP contribution in [0.25, 0.3) is 10.9 Å². The number of benzene rings is 1. The summed E-state index contributed by atoms with van der Waals surface area (Å²) in [5, 5.41) is 73.0. The molecule has 6 heterocycles. The third-order valence-electron chi connectivity index (χ3n) is 10.2. The molecule has 0 aliphatic carbocycles. The van der Waals surface area contributed by atoms with Crippen LogP contribution in [0.5, 0.6) is 0 Å². The molecule has 256 valence electrons. The molecule has 0 bridgehead atoms. The average Bonchev–Trinajstić information content (AvgIpc) is 3.40. The van der Waals surface area contributed by atoms with Crippen molar-refractivity contribution in [2.45, 2.75) is 93.5 Å². The molecule has 2 aromatic rings. The predicted molar refractivity (Wildman–Crippen MR) is 159 cm³/mol. The minimum absolute atomic E-state index is 0.257. The molecule has 7 N–H and O–H groups in total. The van der Waals surface area contributed by atoms with Crippen LogP contribution < -0.4 is 4.84 Å². The Labute approximate surface area is 269 Å². The number of aromatic nitrogens is 1. The van der Waals surface area contributed by atoms with Gasteiger partial charge in [-0.15, -0.1) is 6.58 Å². The minimum atomic E-state index is -1.65. The SMILES string of the molecule is C=C[C@H]1[C@H](O[C@@H]2O[C@H](CO)[C@@H](O)[C@H](O)[C@H]2O)OC=C2C(=O)N3CCc4c(n(O[C@@H]5O[C@@H](C)[C@H](O)[C@@H](O)[C@H]5O)c5ccccc45)[C@H]3C[C@H]21. The second-order valence-electron chi connectivity index (χ2n) is 12.8. The van der Waals surface area contributed by atoms with Crippen molar-refractivity contribution in [3.8, 4) is 0 Å². The fourth-order valence-electron chi connectivity index (χ4n) is 7.56. The molecule has 0 saturated carbocycles. The molecule has 0 unspecified atom stereocenters. The summed E-state index contributed by atoms with van der Waals surface area (Å²) in [5.74, 6) is -1.36. The van der Waals surface area contributed by atoms with Crippen molar-refractivity contribution in [3.05, 3.63) is 60.0 Å².